The summed E-state index contributed by atoms with van der Waals surface area (Å²) in [5, 5.41) is 0. The first kappa shape index (κ1) is 24.4. The average Bonchev–Trinajstić information content (AvgIpc) is 3.05. The molecule has 4 atom stereocenters. The van der Waals surface area contributed by atoms with E-state index in [4.69, 9.17) is 10.5 Å². The Balaban J connectivity index is 1.34. The largest absolute Gasteiger partial charge is 0.379 e. The smallest absolute Gasteiger partial charge is 0.224 e. The lowest BCUT2D eigenvalue weighted by atomic mass is 9.82. The number of morpholine rings is 1. The molecule has 2 N–H and O–H groups in total. The third kappa shape index (κ3) is 5.36. The number of benzene rings is 1. The SMILES string of the molecule is N[C@H](Cc1cc(F)c(F)cc1F)C1C[C@H]2CC[C@@H](C1)N2C(=O)CCS(=O)(=O)N1CCOCC1. The maximum absolute atomic E-state index is 14.0. The van der Waals surface area contributed by atoms with Crippen molar-refractivity contribution in [2.45, 2.75) is 56.7 Å². The summed E-state index contributed by atoms with van der Waals surface area (Å²) in [5.41, 5.74) is 6.37. The molecule has 1 aromatic rings. The van der Waals surface area contributed by atoms with Crippen LogP contribution >= 0.6 is 0 Å². The van der Waals surface area contributed by atoms with Gasteiger partial charge in [-0.25, -0.2) is 21.6 Å². The van der Waals surface area contributed by atoms with Gasteiger partial charge in [0.05, 0.1) is 19.0 Å². The van der Waals surface area contributed by atoms with Crippen molar-refractivity contribution in [3.63, 3.8) is 0 Å². The number of halogens is 3. The highest BCUT2D eigenvalue weighted by Crippen LogP contribution is 2.40. The number of carbonyl (C=O) groups excluding carboxylic acids is 1. The van der Waals surface area contributed by atoms with Crippen LogP contribution in [-0.4, -0.2) is 73.7 Å². The third-order valence-electron chi connectivity index (χ3n) is 7.15. The average molecular weight is 490 g/mol. The molecular weight excluding hydrogens is 459 g/mol. The van der Waals surface area contributed by atoms with Crippen molar-refractivity contribution in [1.29, 1.82) is 0 Å². The predicted molar refractivity (Wildman–Crippen MR) is 115 cm³/mol. The first-order valence-electron chi connectivity index (χ1n) is 11.4. The molecule has 2 bridgehead atoms. The normalized spacial score (nSPS) is 27.0. The van der Waals surface area contributed by atoms with E-state index in [1.54, 1.807) is 0 Å². The minimum atomic E-state index is -3.51. The number of rotatable bonds is 7. The second-order valence-electron chi connectivity index (χ2n) is 9.22. The molecule has 0 radical (unpaired) electrons. The third-order valence-corrected chi connectivity index (χ3v) is 9.02. The second kappa shape index (κ2) is 9.89. The molecule has 1 aromatic carbocycles. The Hall–Kier alpha value is -1.69. The number of fused-ring (bicyclic) bond motifs is 2. The van der Waals surface area contributed by atoms with E-state index in [1.165, 1.54) is 4.31 Å². The van der Waals surface area contributed by atoms with Crippen LogP contribution in [0.2, 0.25) is 0 Å². The van der Waals surface area contributed by atoms with Crippen molar-refractivity contribution in [2.24, 2.45) is 11.7 Å². The van der Waals surface area contributed by atoms with Gasteiger partial charge in [0.25, 0.3) is 0 Å². The van der Waals surface area contributed by atoms with Crippen LogP contribution in [0.3, 0.4) is 0 Å². The van der Waals surface area contributed by atoms with Gasteiger partial charge in [0.1, 0.15) is 5.82 Å². The molecule has 1 amide bonds. The lowest BCUT2D eigenvalue weighted by Gasteiger charge is -2.41. The molecule has 3 aliphatic heterocycles. The van der Waals surface area contributed by atoms with Gasteiger partial charge in [-0.15, -0.1) is 0 Å². The van der Waals surface area contributed by atoms with Gasteiger partial charge in [-0.3, -0.25) is 4.79 Å². The summed E-state index contributed by atoms with van der Waals surface area (Å²) in [7, 11) is -3.51. The van der Waals surface area contributed by atoms with Crippen LogP contribution < -0.4 is 5.73 Å². The van der Waals surface area contributed by atoms with E-state index < -0.39 is 33.5 Å². The van der Waals surface area contributed by atoms with E-state index in [1.807, 2.05) is 4.90 Å². The minimum Gasteiger partial charge on any atom is -0.379 e. The summed E-state index contributed by atoms with van der Waals surface area (Å²) < 4.78 is 72.4. The van der Waals surface area contributed by atoms with E-state index in [0.29, 0.717) is 45.2 Å². The van der Waals surface area contributed by atoms with E-state index in [-0.39, 0.29) is 48.1 Å². The van der Waals surface area contributed by atoms with E-state index >= 15 is 0 Å². The number of sulfonamides is 1. The number of hydrogen-bond acceptors (Lipinski definition) is 5. The van der Waals surface area contributed by atoms with Crippen molar-refractivity contribution in [3.8, 4) is 0 Å². The van der Waals surface area contributed by atoms with Gasteiger partial charge in [0, 0.05) is 43.7 Å². The molecule has 4 rings (SSSR count). The molecule has 3 fully saturated rings. The lowest BCUT2D eigenvalue weighted by Crippen LogP contribution is -2.51. The zero-order valence-corrected chi connectivity index (χ0v) is 19.2. The highest BCUT2D eigenvalue weighted by molar-refractivity contribution is 7.89. The summed E-state index contributed by atoms with van der Waals surface area (Å²) >= 11 is 0. The van der Waals surface area contributed by atoms with Gasteiger partial charge >= 0.3 is 0 Å². The van der Waals surface area contributed by atoms with Crippen LogP contribution in [0.15, 0.2) is 12.1 Å². The van der Waals surface area contributed by atoms with E-state index in [2.05, 4.69) is 0 Å². The van der Waals surface area contributed by atoms with E-state index in [9.17, 15) is 26.4 Å². The molecule has 184 valence electrons. The molecule has 0 saturated carbocycles. The Morgan fingerprint density at radius 1 is 1.06 bits per heavy atom. The molecule has 33 heavy (non-hydrogen) atoms. The van der Waals surface area contributed by atoms with Crippen molar-refractivity contribution in [1.82, 2.24) is 9.21 Å². The standard InChI is InChI=1S/C22H30F3N3O4S/c23-18-13-20(25)19(24)11-14(18)12-21(26)15-9-16-1-2-17(10-15)28(16)22(29)3-8-33(30,31)27-4-6-32-7-5-27/h11,13,15-17,21H,1-10,12,26H2/t15?,16-,17+,21-/m1/s1. The topological polar surface area (TPSA) is 92.9 Å². The van der Waals surface area contributed by atoms with Gasteiger partial charge in [0.15, 0.2) is 11.6 Å². The predicted octanol–water partition coefficient (Wildman–Crippen LogP) is 1.80. The van der Waals surface area contributed by atoms with Crippen molar-refractivity contribution in [3.05, 3.63) is 35.1 Å². The van der Waals surface area contributed by atoms with Crippen LogP contribution in [0, 0.1) is 23.4 Å². The van der Waals surface area contributed by atoms with Crippen LogP contribution in [-0.2, 0) is 26.0 Å². The first-order chi connectivity index (χ1) is 15.7. The highest BCUT2D eigenvalue weighted by Gasteiger charge is 2.44. The molecule has 0 aliphatic carbocycles. The fourth-order valence-corrected chi connectivity index (χ4v) is 6.81. The molecule has 11 heteroatoms. The lowest BCUT2D eigenvalue weighted by molar-refractivity contribution is -0.136. The van der Waals surface area contributed by atoms with Crippen LogP contribution in [0.1, 0.15) is 37.7 Å². The summed E-state index contributed by atoms with van der Waals surface area (Å²) in [4.78, 5) is 14.7. The summed E-state index contributed by atoms with van der Waals surface area (Å²) in [6.45, 7) is 1.34. The molecule has 1 unspecified atom stereocenters. The molecule has 0 aromatic heterocycles. The molecular formula is C22H30F3N3O4S. The molecule has 7 nitrogen and oxygen atoms in total. The zero-order chi connectivity index (χ0) is 23.8. The Bertz CT molecular complexity index is 973. The monoisotopic (exact) mass is 489 g/mol. The van der Waals surface area contributed by atoms with Crippen LogP contribution in [0.5, 0.6) is 0 Å². The fourth-order valence-electron chi connectivity index (χ4n) is 5.42. The number of carbonyl (C=O) groups is 1. The van der Waals surface area contributed by atoms with Gasteiger partial charge < -0.3 is 15.4 Å². The van der Waals surface area contributed by atoms with Crippen molar-refractivity contribution >= 4 is 15.9 Å². The minimum absolute atomic E-state index is 0.0103. The van der Waals surface area contributed by atoms with Gasteiger partial charge in [-0.1, -0.05) is 0 Å². The number of nitrogens with two attached hydrogens (primary N) is 1. The molecule has 0 spiro atoms. The van der Waals surface area contributed by atoms with Gasteiger partial charge in [-0.2, -0.15) is 4.31 Å². The van der Waals surface area contributed by atoms with Crippen LogP contribution in [0.4, 0.5) is 13.2 Å². The Morgan fingerprint density at radius 2 is 1.67 bits per heavy atom. The Morgan fingerprint density at radius 3 is 2.30 bits per heavy atom. The van der Waals surface area contributed by atoms with Crippen molar-refractivity contribution in [2.75, 3.05) is 32.1 Å². The summed E-state index contributed by atoms with van der Waals surface area (Å²) in [6.07, 6.45) is 2.91. The second-order valence-corrected chi connectivity index (χ2v) is 11.3. The highest BCUT2D eigenvalue weighted by atomic mass is 32.2. The van der Waals surface area contributed by atoms with Crippen LogP contribution in [0.25, 0.3) is 0 Å². The summed E-state index contributed by atoms with van der Waals surface area (Å²) in [5.74, 6) is -3.54. The zero-order valence-electron chi connectivity index (χ0n) is 18.4. The maximum Gasteiger partial charge on any atom is 0.224 e. The number of nitrogens with zero attached hydrogens (tertiary/aromatic N) is 2. The van der Waals surface area contributed by atoms with Gasteiger partial charge in [-0.05, 0) is 49.7 Å². The van der Waals surface area contributed by atoms with E-state index in [0.717, 1.165) is 18.9 Å². The molecule has 3 saturated heterocycles. The van der Waals surface area contributed by atoms with Gasteiger partial charge in [0.2, 0.25) is 15.9 Å². The maximum atomic E-state index is 14.0. The number of hydrogen-bond donors (Lipinski definition) is 1. The molecule has 3 aliphatic rings. The summed E-state index contributed by atoms with van der Waals surface area (Å²) in [6, 6.07) is 0.868. The Kier molecular flexibility index (Phi) is 7.32. The number of piperidine rings is 1. The Labute approximate surface area is 192 Å². The first-order valence-corrected chi connectivity index (χ1v) is 13.0. The quantitative estimate of drug-likeness (QED) is 0.590. The molecule has 3 heterocycles. The number of ether oxygens (including phenoxy) is 1. The number of amides is 1. The van der Waals surface area contributed by atoms with Crippen molar-refractivity contribution < 1.29 is 31.1 Å². The fraction of sp³-hybridized carbons (Fsp3) is 0.682.